The summed E-state index contributed by atoms with van der Waals surface area (Å²) >= 11 is 0. The zero-order valence-electron chi connectivity index (χ0n) is 22.5. The van der Waals surface area contributed by atoms with Crippen LogP contribution >= 0.6 is 0 Å². The molecule has 9 nitrogen and oxygen atoms in total. The Morgan fingerprint density at radius 3 is 2.23 bits per heavy atom. The summed E-state index contributed by atoms with van der Waals surface area (Å²) in [5.41, 5.74) is 8.25. The van der Waals surface area contributed by atoms with Crippen molar-refractivity contribution in [1.82, 2.24) is 34.9 Å². The van der Waals surface area contributed by atoms with E-state index in [0.29, 0.717) is 39.9 Å². The normalized spacial score (nSPS) is 20.1. The second kappa shape index (κ2) is 10.8. The van der Waals surface area contributed by atoms with E-state index in [4.69, 9.17) is 15.6 Å². The SMILES string of the molecule is Nc1ncnc2c1c(-c1ccc(Oc3ccccc3)c(F)c1)nn2C1CCN(C2CCN(C3CNC3)CC2)CC1. The van der Waals surface area contributed by atoms with Crippen LogP contribution in [0.2, 0.25) is 0 Å². The van der Waals surface area contributed by atoms with E-state index in [1.807, 2.05) is 28.9 Å². The van der Waals surface area contributed by atoms with Crippen LogP contribution < -0.4 is 15.8 Å². The number of aromatic nitrogens is 4. The van der Waals surface area contributed by atoms with Gasteiger partial charge in [0.15, 0.2) is 17.2 Å². The highest BCUT2D eigenvalue weighted by Crippen LogP contribution is 2.36. The highest BCUT2D eigenvalue weighted by Gasteiger charge is 2.33. The molecular weight excluding hydrogens is 507 g/mol. The third-order valence-corrected chi connectivity index (χ3v) is 8.83. The predicted octanol–water partition coefficient (Wildman–Crippen LogP) is 4.08. The molecule has 0 atom stereocenters. The molecule has 4 aromatic rings. The lowest BCUT2D eigenvalue weighted by atomic mass is 9.96. The molecule has 0 bridgehead atoms. The number of rotatable bonds is 6. The van der Waals surface area contributed by atoms with Crippen LogP contribution in [0.1, 0.15) is 31.7 Å². The topological polar surface area (TPSA) is 97.4 Å². The predicted molar refractivity (Wildman–Crippen MR) is 153 cm³/mol. The molecule has 7 rings (SSSR count). The lowest BCUT2D eigenvalue weighted by Crippen LogP contribution is -2.60. The Kier molecular flexibility index (Phi) is 6.82. The molecule has 0 unspecified atom stereocenters. The van der Waals surface area contributed by atoms with Crippen molar-refractivity contribution in [3.8, 4) is 22.8 Å². The summed E-state index contributed by atoms with van der Waals surface area (Å²) < 4.78 is 22.9. The van der Waals surface area contributed by atoms with Crippen LogP contribution in [0.4, 0.5) is 10.2 Å². The minimum atomic E-state index is -0.465. The molecule has 3 N–H and O–H groups in total. The summed E-state index contributed by atoms with van der Waals surface area (Å²) in [5, 5.41) is 9.04. The van der Waals surface area contributed by atoms with Gasteiger partial charge in [0.1, 0.15) is 23.6 Å². The van der Waals surface area contributed by atoms with Crippen molar-refractivity contribution in [2.75, 3.05) is 45.0 Å². The fraction of sp³-hybridized carbons (Fsp3) is 0.433. The van der Waals surface area contributed by atoms with E-state index >= 15 is 4.39 Å². The zero-order chi connectivity index (χ0) is 27.1. The van der Waals surface area contributed by atoms with Crippen molar-refractivity contribution in [2.45, 2.75) is 43.8 Å². The molecule has 10 heteroatoms. The fourth-order valence-electron chi connectivity index (χ4n) is 6.44. The van der Waals surface area contributed by atoms with Gasteiger partial charge >= 0.3 is 0 Å². The average molecular weight is 543 g/mol. The Hall–Kier alpha value is -3.60. The molecule has 0 spiro atoms. The maximum Gasteiger partial charge on any atom is 0.166 e. The van der Waals surface area contributed by atoms with Crippen LogP contribution in [0, 0.1) is 5.82 Å². The van der Waals surface area contributed by atoms with E-state index in [1.165, 1.54) is 38.3 Å². The van der Waals surface area contributed by atoms with Gasteiger partial charge in [-0.3, -0.25) is 4.90 Å². The standard InChI is InChI=1S/C30H35FN8O/c31-25-16-20(6-7-26(25)40-24-4-2-1-3-5-24)28-27-29(32)34-19-35-30(27)39(36-28)22-10-14-37(15-11-22)21-8-12-38(13-9-21)23-17-33-18-23/h1-7,16,19,21-23,33H,8-15,17-18H2,(H2,32,34,35). The molecule has 0 radical (unpaired) electrons. The number of para-hydroxylation sites is 1. The van der Waals surface area contributed by atoms with Crippen LogP contribution in [-0.4, -0.2) is 80.9 Å². The minimum absolute atomic E-state index is 0.158. The molecule has 0 amide bonds. The largest absolute Gasteiger partial charge is 0.454 e. The Morgan fingerprint density at radius 1 is 0.850 bits per heavy atom. The van der Waals surface area contributed by atoms with Crippen molar-refractivity contribution in [3.05, 3.63) is 60.7 Å². The number of nitrogens with one attached hydrogen (secondary N) is 1. The molecule has 3 saturated heterocycles. The number of halogens is 1. The maximum absolute atomic E-state index is 15.2. The summed E-state index contributed by atoms with van der Waals surface area (Å²) in [4.78, 5) is 14.1. The first kappa shape index (κ1) is 25.4. The molecule has 208 valence electrons. The first-order chi connectivity index (χ1) is 19.6. The van der Waals surface area contributed by atoms with E-state index in [9.17, 15) is 0 Å². The van der Waals surface area contributed by atoms with Gasteiger partial charge in [0, 0.05) is 56.9 Å². The lowest BCUT2D eigenvalue weighted by molar-refractivity contribution is 0.0495. The van der Waals surface area contributed by atoms with E-state index in [2.05, 4.69) is 25.1 Å². The molecular formula is C30H35FN8O. The number of ether oxygens (including phenoxy) is 1. The Morgan fingerprint density at radius 2 is 1.55 bits per heavy atom. The Balaban J connectivity index is 1.09. The first-order valence-electron chi connectivity index (χ1n) is 14.3. The van der Waals surface area contributed by atoms with E-state index in [-0.39, 0.29) is 11.8 Å². The molecule has 0 saturated carbocycles. The number of benzene rings is 2. The number of hydrogen-bond acceptors (Lipinski definition) is 8. The molecule has 3 aliphatic heterocycles. The molecule has 0 aliphatic carbocycles. The molecule has 3 aliphatic rings. The third-order valence-electron chi connectivity index (χ3n) is 8.83. The number of nitrogens with zero attached hydrogens (tertiary/aromatic N) is 6. The van der Waals surface area contributed by atoms with E-state index in [1.54, 1.807) is 18.2 Å². The number of piperidine rings is 2. The van der Waals surface area contributed by atoms with Crippen molar-refractivity contribution in [1.29, 1.82) is 0 Å². The fourth-order valence-corrected chi connectivity index (χ4v) is 6.44. The number of likely N-dealkylation sites (tertiary alicyclic amines) is 2. The zero-order valence-corrected chi connectivity index (χ0v) is 22.5. The van der Waals surface area contributed by atoms with Crippen molar-refractivity contribution >= 4 is 16.9 Å². The summed E-state index contributed by atoms with van der Waals surface area (Å²) in [7, 11) is 0. The van der Waals surface area contributed by atoms with Gasteiger partial charge in [-0.2, -0.15) is 5.10 Å². The van der Waals surface area contributed by atoms with Crippen LogP contribution in [-0.2, 0) is 0 Å². The van der Waals surface area contributed by atoms with Crippen molar-refractivity contribution in [2.24, 2.45) is 0 Å². The number of nitrogens with two attached hydrogens (primary N) is 1. The summed E-state index contributed by atoms with van der Waals surface area (Å²) in [6.07, 6.45) is 5.96. The number of hydrogen-bond donors (Lipinski definition) is 2. The summed E-state index contributed by atoms with van der Waals surface area (Å²) in [6, 6.07) is 15.7. The molecule has 3 fully saturated rings. The monoisotopic (exact) mass is 542 g/mol. The Bertz CT molecular complexity index is 1470. The highest BCUT2D eigenvalue weighted by atomic mass is 19.1. The Labute approximate surface area is 233 Å². The van der Waals surface area contributed by atoms with E-state index in [0.717, 1.165) is 45.1 Å². The summed E-state index contributed by atoms with van der Waals surface area (Å²) in [5.74, 6) is 0.620. The quantitative estimate of drug-likeness (QED) is 0.376. The first-order valence-corrected chi connectivity index (χ1v) is 14.3. The minimum Gasteiger partial charge on any atom is -0.454 e. The second-order valence-corrected chi connectivity index (χ2v) is 11.2. The van der Waals surface area contributed by atoms with Gasteiger partial charge in [-0.25, -0.2) is 19.0 Å². The lowest BCUT2D eigenvalue weighted by Gasteiger charge is -2.45. The van der Waals surface area contributed by atoms with Crippen LogP contribution in [0.15, 0.2) is 54.9 Å². The van der Waals surface area contributed by atoms with Crippen LogP contribution in [0.25, 0.3) is 22.3 Å². The number of fused-ring (bicyclic) bond motifs is 1. The van der Waals surface area contributed by atoms with Gasteiger partial charge in [-0.05, 0) is 56.0 Å². The van der Waals surface area contributed by atoms with Gasteiger partial charge in [0.25, 0.3) is 0 Å². The maximum atomic E-state index is 15.2. The second-order valence-electron chi connectivity index (χ2n) is 11.2. The average Bonchev–Trinajstić information content (AvgIpc) is 3.35. The van der Waals surface area contributed by atoms with Crippen molar-refractivity contribution in [3.63, 3.8) is 0 Å². The number of nitrogen functional groups attached to an aromatic ring is 1. The molecule has 2 aromatic carbocycles. The van der Waals surface area contributed by atoms with Crippen LogP contribution in [0.5, 0.6) is 11.5 Å². The molecule has 40 heavy (non-hydrogen) atoms. The van der Waals surface area contributed by atoms with E-state index < -0.39 is 5.82 Å². The van der Waals surface area contributed by atoms with Crippen molar-refractivity contribution < 1.29 is 9.13 Å². The van der Waals surface area contributed by atoms with Gasteiger partial charge in [0.05, 0.1) is 11.4 Å². The number of anilines is 1. The van der Waals surface area contributed by atoms with Gasteiger partial charge in [-0.1, -0.05) is 18.2 Å². The van der Waals surface area contributed by atoms with Gasteiger partial charge in [0.2, 0.25) is 0 Å². The molecule has 2 aromatic heterocycles. The smallest absolute Gasteiger partial charge is 0.166 e. The molecule has 5 heterocycles. The third kappa shape index (κ3) is 4.80. The summed E-state index contributed by atoms with van der Waals surface area (Å²) in [6.45, 7) is 6.76. The van der Waals surface area contributed by atoms with Crippen LogP contribution in [0.3, 0.4) is 0 Å². The van der Waals surface area contributed by atoms with Gasteiger partial charge in [-0.15, -0.1) is 0 Å². The van der Waals surface area contributed by atoms with Gasteiger partial charge < -0.3 is 20.7 Å². The highest BCUT2D eigenvalue weighted by molar-refractivity contribution is 5.98.